The summed E-state index contributed by atoms with van der Waals surface area (Å²) < 4.78 is 0. The molecule has 2 aliphatic carbocycles. The molecule has 0 spiro atoms. The Morgan fingerprint density at radius 2 is 1.45 bits per heavy atom. The number of rotatable bonds is 2. The Bertz CT molecular complexity index is 151. The fourth-order valence-corrected chi connectivity index (χ4v) is 3.24. The van der Waals surface area contributed by atoms with Gasteiger partial charge in [0.2, 0.25) is 0 Å². The number of fused-ring (bicyclic) bond motifs is 2. The summed E-state index contributed by atoms with van der Waals surface area (Å²) in [7, 11) is 0. The van der Waals surface area contributed by atoms with Crippen LogP contribution in [0.5, 0.6) is 0 Å². The molecule has 0 heteroatoms. The molecule has 0 amide bonds. The van der Waals surface area contributed by atoms with E-state index in [9.17, 15) is 0 Å². The normalized spacial score (nSPS) is 47.1. The van der Waals surface area contributed by atoms with Gasteiger partial charge in [0.1, 0.15) is 0 Å². The lowest BCUT2D eigenvalue weighted by Gasteiger charge is -2.25. The van der Waals surface area contributed by atoms with Crippen molar-refractivity contribution in [2.75, 3.05) is 0 Å². The van der Waals surface area contributed by atoms with Crippen LogP contribution in [0.2, 0.25) is 0 Å². The first-order valence-electron chi connectivity index (χ1n) is 5.05. The highest BCUT2D eigenvalue weighted by atomic mass is 14.5. The van der Waals surface area contributed by atoms with Gasteiger partial charge >= 0.3 is 0 Å². The van der Waals surface area contributed by atoms with E-state index in [4.69, 9.17) is 0 Å². The highest BCUT2D eigenvalue weighted by molar-refractivity contribution is 5.12. The molecule has 2 bridgehead atoms. The van der Waals surface area contributed by atoms with Crippen molar-refractivity contribution in [1.82, 2.24) is 0 Å². The van der Waals surface area contributed by atoms with E-state index in [-0.39, 0.29) is 0 Å². The molecule has 2 rings (SSSR count). The van der Waals surface area contributed by atoms with Gasteiger partial charge in [0, 0.05) is 0 Å². The van der Waals surface area contributed by atoms with Crippen molar-refractivity contribution in [3.05, 3.63) is 12.2 Å². The van der Waals surface area contributed by atoms with E-state index >= 15 is 0 Å². The highest BCUT2D eigenvalue weighted by Crippen LogP contribution is 2.50. The zero-order chi connectivity index (χ0) is 7.84. The maximum absolute atomic E-state index is 2.46. The molecule has 2 aliphatic rings. The van der Waals surface area contributed by atoms with Crippen molar-refractivity contribution >= 4 is 0 Å². The summed E-state index contributed by atoms with van der Waals surface area (Å²) in [5.41, 5.74) is 0. The third-order valence-electron chi connectivity index (χ3n) is 3.74. The Morgan fingerprint density at radius 3 is 1.82 bits per heavy atom. The van der Waals surface area contributed by atoms with Gasteiger partial charge in [-0.25, -0.2) is 0 Å². The largest absolute Gasteiger partial charge is 0.0848 e. The molecule has 11 heavy (non-hydrogen) atoms. The topological polar surface area (TPSA) is 0 Å². The molecule has 0 heterocycles. The van der Waals surface area contributed by atoms with Crippen LogP contribution in [0.25, 0.3) is 0 Å². The number of hydrogen-bond acceptors (Lipinski definition) is 0. The third kappa shape index (κ3) is 0.953. The van der Waals surface area contributed by atoms with Gasteiger partial charge in [-0.05, 0) is 30.1 Å². The van der Waals surface area contributed by atoms with Crippen LogP contribution in [0.15, 0.2) is 12.2 Å². The van der Waals surface area contributed by atoms with Gasteiger partial charge in [-0.2, -0.15) is 0 Å². The first-order valence-corrected chi connectivity index (χ1v) is 5.05. The molecule has 2 unspecified atom stereocenters. The van der Waals surface area contributed by atoms with Crippen LogP contribution < -0.4 is 0 Å². The molecule has 0 aromatic carbocycles. The fourth-order valence-electron chi connectivity index (χ4n) is 3.24. The van der Waals surface area contributed by atoms with Crippen LogP contribution in [-0.4, -0.2) is 0 Å². The molecule has 0 nitrogen and oxygen atoms in total. The molecule has 0 aliphatic heterocycles. The molecular formula is C11H18. The molecule has 0 N–H and O–H groups in total. The molecule has 0 aromatic heterocycles. The van der Waals surface area contributed by atoms with Crippen LogP contribution >= 0.6 is 0 Å². The zero-order valence-corrected chi connectivity index (χ0v) is 7.59. The Kier molecular flexibility index (Phi) is 1.78. The summed E-state index contributed by atoms with van der Waals surface area (Å²) in [6.45, 7) is 4.70. The Morgan fingerprint density at radius 1 is 1.00 bits per heavy atom. The minimum atomic E-state index is 0.954. The van der Waals surface area contributed by atoms with E-state index in [0.717, 1.165) is 23.7 Å². The van der Waals surface area contributed by atoms with Crippen molar-refractivity contribution in [1.29, 1.82) is 0 Å². The summed E-state index contributed by atoms with van der Waals surface area (Å²) in [5.74, 6) is 3.95. The summed E-state index contributed by atoms with van der Waals surface area (Å²) in [5, 5.41) is 0. The number of hydrogen-bond donors (Lipinski definition) is 0. The van der Waals surface area contributed by atoms with Crippen LogP contribution in [0.3, 0.4) is 0 Å². The molecule has 4 atom stereocenters. The molecule has 0 radical (unpaired) electrons. The Hall–Kier alpha value is -0.260. The third-order valence-corrected chi connectivity index (χ3v) is 3.74. The lowest BCUT2D eigenvalue weighted by molar-refractivity contribution is 0.292. The van der Waals surface area contributed by atoms with Gasteiger partial charge in [-0.1, -0.05) is 38.8 Å². The molecule has 0 saturated heterocycles. The van der Waals surface area contributed by atoms with Crippen molar-refractivity contribution in [3.63, 3.8) is 0 Å². The van der Waals surface area contributed by atoms with Gasteiger partial charge in [0.15, 0.2) is 0 Å². The lowest BCUT2D eigenvalue weighted by atomic mass is 9.80. The second-order valence-corrected chi connectivity index (χ2v) is 4.09. The van der Waals surface area contributed by atoms with Crippen molar-refractivity contribution < 1.29 is 0 Å². The van der Waals surface area contributed by atoms with Gasteiger partial charge in [0.05, 0.1) is 0 Å². The van der Waals surface area contributed by atoms with E-state index < -0.39 is 0 Å². The summed E-state index contributed by atoms with van der Waals surface area (Å²) >= 11 is 0. The molecule has 62 valence electrons. The lowest BCUT2D eigenvalue weighted by Crippen LogP contribution is -2.17. The fraction of sp³-hybridized carbons (Fsp3) is 0.818. The van der Waals surface area contributed by atoms with Crippen LogP contribution in [0.1, 0.15) is 33.1 Å². The Balaban J connectivity index is 2.15. The summed E-state index contributed by atoms with van der Waals surface area (Å²) in [6.07, 6.45) is 9.18. The van der Waals surface area contributed by atoms with Crippen LogP contribution in [0, 0.1) is 23.7 Å². The second-order valence-electron chi connectivity index (χ2n) is 4.09. The van der Waals surface area contributed by atoms with E-state index in [0.29, 0.717) is 0 Å². The first-order chi connectivity index (χ1) is 5.36. The van der Waals surface area contributed by atoms with E-state index in [2.05, 4.69) is 26.0 Å². The average Bonchev–Trinajstić information content (AvgIpc) is 2.60. The molecular weight excluding hydrogens is 132 g/mol. The Labute approximate surface area is 69.7 Å². The number of allylic oxidation sites excluding steroid dienone is 2. The monoisotopic (exact) mass is 150 g/mol. The quantitative estimate of drug-likeness (QED) is 0.530. The van der Waals surface area contributed by atoms with Gasteiger partial charge < -0.3 is 0 Å². The predicted molar refractivity (Wildman–Crippen MR) is 48.3 cm³/mol. The van der Waals surface area contributed by atoms with Gasteiger partial charge in [-0.15, -0.1) is 0 Å². The maximum Gasteiger partial charge on any atom is -0.0197 e. The van der Waals surface area contributed by atoms with Gasteiger partial charge in [0.25, 0.3) is 0 Å². The maximum atomic E-state index is 2.46. The molecule has 1 fully saturated rings. The van der Waals surface area contributed by atoms with Crippen molar-refractivity contribution in [2.45, 2.75) is 33.1 Å². The SMILES string of the molecule is CCC1C(CC)[C@H]2C=C[C@@H]1C2. The van der Waals surface area contributed by atoms with Crippen molar-refractivity contribution in [3.8, 4) is 0 Å². The smallest absolute Gasteiger partial charge is 0.0197 e. The van der Waals surface area contributed by atoms with E-state index in [1.54, 1.807) is 0 Å². The standard InChI is InChI=1S/C11H18/c1-3-10-8-5-6-9(7-8)11(10)4-2/h5-6,8-11H,3-4,7H2,1-2H3/t8-,9+,10?,11?. The van der Waals surface area contributed by atoms with Crippen molar-refractivity contribution in [2.24, 2.45) is 23.7 Å². The van der Waals surface area contributed by atoms with E-state index in [1.807, 2.05) is 0 Å². The first kappa shape index (κ1) is 7.39. The summed E-state index contributed by atoms with van der Waals surface area (Å²) in [6, 6.07) is 0. The van der Waals surface area contributed by atoms with Gasteiger partial charge in [-0.3, -0.25) is 0 Å². The predicted octanol–water partition coefficient (Wildman–Crippen LogP) is 3.24. The average molecular weight is 150 g/mol. The van der Waals surface area contributed by atoms with Crippen LogP contribution in [-0.2, 0) is 0 Å². The van der Waals surface area contributed by atoms with E-state index in [1.165, 1.54) is 19.3 Å². The molecule has 0 aromatic rings. The zero-order valence-electron chi connectivity index (χ0n) is 7.59. The minimum absolute atomic E-state index is 0.954. The minimum Gasteiger partial charge on any atom is -0.0848 e. The summed E-state index contributed by atoms with van der Waals surface area (Å²) in [4.78, 5) is 0. The highest BCUT2D eigenvalue weighted by Gasteiger charge is 2.41. The molecule has 1 saturated carbocycles. The van der Waals surface area contributed by atoms with Crippen LogP contribution in [0.4, 0.5) is 0 Å². The second kappa shape index (κ2) is 2.66.